The van der Waals surface area contributed by atoms with Gasteiger partial charge in [0.1, 0.15) is 0 Å². The monoisotopic (exact) mass is 516 g/mol. The van der Waals surface area contributed by atoms with Crippen molar-refractivity contribution in [2.45, 2.75) is 43.0 Å². The van der Waals surface area contributed by atoms with Gasteiger partial charge in [0, 0.05) is 32.5 Å². The lowest BCUT2D eigenvalue weighted by Crippen LogP contribution is -2.65. The third-order valence-corrected chi connectivity index (χ3v) is 7.78. The van der Waals surface area contributed by atoms with Gasteiger partial charge in [-0.15, -0.1) is 0 Å². The average Bonchev–Trinajstić information content (AvgIpc) is 3.21. The molecule has 0 bridgehead atoms. The van der Waals surface area contributed by atoms with E-state index in [1.54, 1.807) is 18.3 Å². The van der Waals surface area contributed by atoms with E-state index in [1.165, 1.54) is 4.31 Å². The summed E-state index contributed by atoms with van der Waals surface area (Å²) in [6, 6.07) is 12.8. The first-order valence-corrected chi connectivity index (χ1v) is 12.4. The highest BCUT2D eigenvalue weighted by molar-refractivity contribution is 7.89. The molecule has 2 saturated heterocycles. The summed E-state index contributed by atoms with van der Waals surface area (Å²) in [6.45, 7) is 4.60. The average molecular weight is 517 g/mol. The zero-order valence-electron chi connectivity index (χ0n) is 19.1. The van der Waals surface area contributed by atoms with Gasteiger partial charge in [0.05, 0.1) is 22.8 Å². The molecular weight excluding hydrogens is 489 g/mol. The van der Waals surface area contributed by atoms with Crippen molar-refractivity contribution in [3.05, 3.63) is 59.9 Å². The number of ether oxygens (including phenoxy) is 2. The smallest absolute Gasteiger partial charge is 0.475 e. The number of alkyl halides is 3. The molecule has 4 rings (SSSR count). The van der Waals surface area contributed by atoms with Crippen LogP contribution in [0.1, 0.15) is 24.1 Å². The minimum Gasteiger partial charge on any atom is -0.475 e. The van der Waals surface area contributed by atoms with Crippen LogP contribution in [0, 0.1) is 12.8 Å². The number of aliphatic carboxylic acids is 1. The molecule has 2 fully saturated rings. The van der Waals surface area contributed by atoms with Gasteiger partial charge in [0.25, 0.3) is 0 Å². The highest BCUT2D eigenvalue weighted by Crippen LogP contribution is 2.43. The normalized spacial score (nSPS) is 19.6. The van der Waals surface area contributed by atoms with E-state index in [2.05, 4.69) is 4.98 Å². The molecule has 1 unspecified atom stereocenters. The lowest BCUT2D eigenvalue weighted by Gasteiger charge is -2.49. The Bertz CT molecular complexity index is 1090. The summed E-state index contributed by atoms with van der Waals surface area (Å²) in [4.78, 5) is 13.5. The molecule has 1 aromatic heterocycles. The van der Waals surface area contributed by atoms with Crippen molar-refractivity contribution in [1.29, 1.82) is 0 Å². The molecule has 192 valence electrons. The fourth-order valence-corrected chi connectivity index (χ4v) is 5.56. The molecule has 1 spiro atoms. The van der Waals surface area contributed by atoms with Crippen LogP contribution in [0.4, 0.5) is 13.2 Å². The van der Waals surface area contributed by atoms with Crippen LogP contribution < -0.4 is 0 Å². The Morgan fingerprint density at radius 1 is 1.23 bits per heavy atom. The molecule has 0 saturated carbocycles. The Morgan fingerprint density at radius 2 is 1.89 bits per heavy atom. The van der Waals surface area contributed by atoms with Crippen molar-refractivity contribution < 1.29 is 41.0 Å². The molecule has 0 aliphatic carbocycles. The number of carbonyl (C=O) groups is 1. The molecule has 2 aliphatic heterocycles. The number of aromatic nitrogens is 1. The van der Waals surface area contributed by atoms with E-state index in [0.717, 1.165) is 24.1 Å². The van der Waals surface area contributed by atoms with Crippen LogP contribution in [0.5, 0.6) is 0 Å². The molecule has 1 atom stereocenters. The molecule has 2 aromatic rings. The Hall–Kier alpha value is -2.54. The zero-order chi connectivity index (χ0) is 25.7. The van der Waals surface area contributed by atoms with Crippen LogP contribution in [-0.4, -0.2) is 66.9 Å². The predicted octanol–water partition coefficient (Wildman–Crippen LogP) is 3.41. The number of carboxylic acid groups (broad SMARTS) is 1. The maximum Gasteiger partial charge on any atom is 0.490 e. The molecule has 1 N–H and O–H groups in total. The number of nitrogens with zero attached hydrogens (tertiary/aromatic N) is 2. The van der Waals surface area contributed by atoms with E-state index < -0.39 is 22.2 Å². The highest BCUT2D eigenvalue weighted by Gasteiger charge is 2.56. The van der Waals surface area contributed by atoms with Crippen molar-refractivity contribution in [3.8, 4) is 0 Å². The van der Waals surface area contributed by atoms with Crippen molar-refractivity contribution in [3.63, 3.8) is 0 Å². The molecule has 3 heterocycles. The highest BCUT2D eigenvalue weighted by atomic mass is 32.2. The number of benzene rings is 1. The summed E-state index contributed by atoms with van der Waals surface area (Å²) >= 11 is 0. The third kappa shape index (κ3) is 6.78. The summed E-state index contributed by atoms with van der Waals surface area (Å²) in [7, 11) is -3.45. The minimum atomic E-state index is -5.08. The maximum atomic E-state index is 12.8. The molecule has 2 aliphatic rings. The van der Waals surface area contributed by atoms with Crippen LogP contribution in [0.3, 0.4) is 0 Å². The van der Waals surface area contributed by atoms with E-state index in [0.29, 0.717) is 43.7 Å². The first-order valence-electron chi connectivity index (χ1n) is 10.9. The van der Waals surface area contributed by atoms with Crippen LogP contribution in [0.15, 0.2) is 53.6 Å². The van der Waals surface area contributed by atoms with Gasteiger partial charge in [-0.3, -0.25) is 4.98 Å². The molecule has 0 radical (unpaired) electrons. The van der Waals surface area contributed by atoms with E-state index in [4.69, 9.17) is 19.4 Å². The number of pyridine rings is 1. The van der Waals surface area contributed by atoms with Crippen molar-refractivity contribution in [2.75, 3.05) is 26.3 Å². The van der Waals surface area contributed by atoms with E-state index in [-0.39, 0.29) is 5.60 Å². The second kappa shape index (κ2) is 11.0. The molecule has 35 heavy (non-hydrogen) atoms. The first kappa shape index (κ1) is 27.1. The summed E-state index contributed by atoms with van der Waals surface area (Å²) in [5, 5.41) is 7.12. The fraction of sp³-hybridized carbons (Fsp3) is 0.478. The number of sulfonamides is 1. The Labute approximate surface area is 201 Å². The van der Waals surface area contributed by atoms with Gasteiger partial charge in [-0.05, 0) is 49.9 Å². The topological polar surface area (TPSA) is 106 Å². The van der Waals surface area contributed by atoms with Gasteiger partial charge in [0.2, 0.25) is 10.0 Å². The van der Waals surface area contributed by atoms with Crippen LogP contribution in [-0.2, 0) is 30.9 Å². The van der Waals surface area contributed by atoms with Gasteiger partial charge in [-0.1, -0.05) is 23.8 Å². The van der Waals surface area contributed by atoms with Gasteiger partial charge in [-0.2, -0.15) is 17.5 Å². The number of hydrogen-bond acceptors (Lipinski definition) is 6. The van der Waals surface area contributed by atoms with Crippen molar-refractivity contribution in [1.82, 2.24) is 9.29 Å². The van der Waals surface area contributed by atoms with Gasteiger partial charge < -0.3 is 14.6 Å². The summed E-state index contributed by atoms with van der Waals surface area (Å²) in [5.74, 6) is -2.44. The maximum absolute atomic E-state index is 12.8. The minimum absolute atomic E-state index is 0.320. The number of hydrogen-bond donors (Lipinski definition) is 1. The second-order valence-electron chi connectivity index (χ2n) is 8.45. The summed E-state index contributed by atoms with van der Waals surface area (Å²) < 4.78 is 70.7. The quantitative estimate of drug-likeness (QED) is 0.562. The van der Waals surface area contributed by atoms with Gasteiger partial charge in [0.15, 0.2) is 0 Å². The van der Waals surface area contributed by atoms with E-state index >= 15 is 0 Å². The Kier molecular flexibility index (Phi) is 8.52. The van der Waals surface area contributed by atoms with Crippen molar-refractivity contribution >= 4 is 16.0 Å². The fourth-order valence-electron chi connectivity index (χ4n) is 4.01. The van der Waals surface area contributed by atoms with Crippen molar-refractivity contribution in [2.24, 2.45) is 5.92 Å². The molecule has 12 heteroatoms. The summed E-state index contributed by atoms with van der Waals surface area (Å²) in [6.07, 6.45) is -1.51. The van der Waals surface area contributed by atoms with Crippen LogP contribution >= 0.6 is 0 Å². The van der Waals surface area contributed by atoms with E-state index in [9.17, 15) is 21.6 Å². The number of rotatable bonds is 7. The predicted molar refractivity (Wildman–Crippen MR) is 119 cm³/mol. The van der Waals surface area contributed by atoms with Gasteiger partial charge >= 0.3 is 12.1 Å². The lowest BCUT2D eigenvalue weighted by molar-refractivity contribution is -0.192. The zero-order valence-corrected chi connectivity index (χ0v) is 19.9. The number of carboxylic acids is 1. The first-order chi connectivity index (χ1) is 16.4. The lowest BCUT2D eigenvalue weighted by atomic mass is 9.80. The van der Waals surface area contributed by atoms with Gasteiger partial charge in [-0.25, -0.2) is 13.2 Å². The standard InChI is InChI=1S/C21H26N2O4S.C2HF3O2/c1-17-5-7-20(8-6-17)28(24,25)23-15-21(16-23)18(10-13-27-21)9-12-26-14-19-4-2-3-11-22-19;3-2(4,5)1(6)7/h2-8,11,18H,9-10,12-16H2,1H3;(H,6,7). The second-order valence-corrected chi connectivity index (χ2v) is 10.4. The Balaban J connectivity index is 0.000000429. The SMILES string of the molecule is Cc1ccc(S(=O)(=O)N2CC3(C2)OCCC3CCOCc2ccccn2)cc1.O=C(O)C(F)(F)F. The largest absolute Gasteiger partial charge is 0.490 e. The van der Waals surface area contributed by atoms with Crippen LogP contribution in [0.25, 0.3) is 0 Å². The van der Waals surface area contributed by atoms with Crippen LogP contribution in [0.2, 0.25) is 0 Å². The third-order valence-electron chi connectivity index (χ3n) is 5.98. The molecular formula is C23H27F3N2O6S. The Morgan fingerprint density at radius 3 is 2.46 bits per heavy atom. The summed E-state index contributed by atoms with van der Waals surface area (Å²) in [5.41, 5.74) is 1.61. The number of halogens is 3. The van der Waals surface area contributed by atoms with E-state index in [1.807, 2.05) is 37.3 Å². The number of aryl methyl sites for hydroxylation is 1. The molecule has 1 aromatic carbocycles. The molecule has 8 nitrogen and oxygen atoms in total. The molecule has 0 amide bonds.